The smallest absolute Gasteiger partial charge is 0.220 e. The third-order valence-electron chi connectivity index (χ3n) is 7.52. The van der Waals surface area contributed by atoms with E-state index in [0.717, 1.165) is 68.3 Å². The third kappa shape index (κ3) is 8.35. The molecule has 0 bridgehead atoms. The topological polar surface area (TPSA) is 72.5 Å². The first-order valence-electron chi connectivity index (χ1n) is 14.9. The average Bonchev–Trinajstić information content (AvgIpc) is 2.97. The summed E-state index contributed by atoms with van der Waals surface area (Å²) in [5.41, 5.74) is 6.10. The number of benzene rings is 2. The standard InChI is InChI=1S/C33H45N3O3/c1-3-4-5-7-18-32(37)35-24-25-19-20-30(31(23-25)38-2)39-22-13-6-12-21-34-33-26-14-8-10-16-28(26)36-29-17-11-9-15-27(29)33/h8,10,14,16,19-20,23H,3-7,9,11-13,15,17-18,21-22,24H2,1-2H3,(H,34,36)(H,35,37). The number of nitrogens with one attached hydrogen (secondary N) is 2. The molecule has 0 spiro atoms. The summed E-state index contributed by atoms with van der Waals surface area (Å²) in [6.07, 6.45) is 12.9. The van der Waals surface area contributed by atoms with Crippen molar-refractivity contribution in [3.05, 3.63) is 59.3 Å². The van der Waals surface area contributed by atoms with Crippen LogP contribution >= 0.6 is 0 Å². The molecule has 4 rings (SSSR count). The van der Waals surface area contributed by atoms with Crippen molar-refractivity contribution in [3.8, 4) is 11.5 Å². The summed E-state index contributed by atoms with van der Waals surface area (Å²) in [7, 11) is 1.66. The van der Waals surface area contributed by atoms with Crippen molar-refractivity contribution in [1.82, 2.24) is 10.3 Å². The number of para-hydroxylation sites is 1. The number of methoxy groups -OCH3 is 1. The summed E-state index contributed by atoms with van der Waals surface area (Å²) in [6.45, 7) is 4.28. The first-order valence-corrected chi connectivity index (χ1v) is 14.9. The largest absolute Gasteiger partial charge is 0.493 e. The number of unbranched alkanes of at least 4 members (excludes halogenated alkanes) is 5. The van der Waals surface area contributed by atoms with Gasteiger partial charge in [-0.3, -0.25) is 9.78 Å². The number of aryl methyl sites for hydroxylation is 1. The van der Waals surface area contributed by atoms with Crippen molar-refractivity contribution in [2.75, 3.05) is 25.6 Å². The maximum atomic E-state index is 12.1. The molecule has 0 radical (unpaired) electrons. The number of carbonyl (C=O) groups excluding carboxylic acids is 1. The molecule has 210 valence electrons. The van der Waals surface area contributed by atoms with Crippen molar-refractivity contribution >= 4 is 22.5 Å². The van der Waals surface area contributed by atoms with Gasteiger partial charge in [-0.1, -0.05) is 50.5 Å². The molecule has 1 aliphatic rings. The van der Waals surface area contributed by atoms with Gasteiger partial charge in [0.2, 0.25) is 5.91 Å². The number of amides is 1. The van der Waals surface area contributed by atoms with Gasteiger partial charge in [-0.05, 0) is 80.7 Å². The zero-order valence-electron chi connectivity index (χ0n) is 23.8. The van der Waals surface area contributed by atoms with E-state index in [1.54, 1.807) is 7.11 Å². The summed E-state index contributed by atoms with van der Waals surface area (Å²) in [6, 6.07) is 14.4. The highest BCUT2D eigenvalue weighted by Gasteiger charge is 2.17. The number of nitrogens with zero attached hydrogens (tertiary/aromatic N) is 1. The number of hydrogen-bond donors (Lipinski definition) is 2. The molecule has 2 aromatic carbocycles. The minimum atomic E-state index is 0.108. The lowest BCUT2D eigenvalue weighted by molar-refractivity contribution is -0.121. The van der Waals surface area contributed by atoms with Gasteiger partial charge in [0.1, 0.15) is 0 Å². The maximum absolute atomic E-state index is 12.1. The summed E-state index contributed by atoms with van der Waals surface area (Å²) in [5.74, 6) is 1.57. The Balaban J connectivity index is 1.18. The number of rotatable bonds is 16. The molecule has 0 atom stereocenters. The second kappa shape index (κ2) is 15.3. The monoisotopic (exact) mass is 531 g/mol. The van der Waals surface area contributed by atoms with Crippen LogP contribution in [0.15, 0.2) is 42.5 Å². The van der Waals surface area contributed by atoms with Crippen LogP contribution in [0.25, 0.3) is 10.9 Å². The molecule has 6 nitrogen and oxygen atoms in total. The molecule has 0 aliphatic heterocycles. The highest BCUT2D eigenvalue weighted by atomic mass is 16.5. The van der Waals surface area contributed by atoms with Crippen molar-refractivity contribution in [2.45, 2.75) is 90.5 Å². The molecule has 1 aromatic heterocycles. The zero-order chi connectivity index (χ0) is 27.3. The van der Waals surface area contributed by atoms with Crippen LogP contribution in [0, 0.1) is 0 Å². The average molecular weight is 532 g/mol. The Morgan fingerprint density at radius 3 is 2.67 bits per heavy atom. The van der Waals surface area contributed by atoms with Gasteiger partial charge < -0.3 is 20.1 Å². The van der Waals surface area contributed by atoms with Crippen molar-refractivity contribution < 1.29 is 14.3 Å². The molecular weight excluding hydrogens is 486 g/mol. The molecule has 6 heteroatoms. The molecular formula is C33H45N3O3. The highest BCUT2D eigenvalue weighted by molar-refractivity contribution is 5.93. The molecule has 3 aromatic rings. The Morgan fingerprint density at radius 2 is 1.79 bits per heavy atom. The quantitative estimate of drug-likeness (QED) is 0.189. The van der Waals surface area contributed by atoms with Gasteiger partial charge in [0.05, 0.1) is 19.2 Å². The first kappa shape index (κ1) is 28.7. The SMILES string of the molecule is CCCCCCC(=O)NCc1ccc(OCCCCCNc2c3c(nc4ccccc24)CCCC3)c(OC)c1. The maximum Gasteiger partial charge on any atom is 0.220 e. The number of pyridine rings is 1. The molecule has 1 heterocycles. The summed E-state index contributed by atoms with van der Waals surface area (Å²) < 4.78 is 11.6. The molecule has 0 unspecified atom stereocenters. The zero-order valence-corrected chi connectivity index (χ0v) is 23.8. The summed E-state index contributed by atoms with van der Waals surface area (Å²) in [4.78, 5) is 17.0. The number of carbonyl (C=O) groups is 1. The van der Waals surface area contributed by atoms with E-state index in [2.05, 4.69) is 41.8 Å². The van der Waals surface area contributed by atoms with Crippen LogP contribution < -0.4 is 20.1 Å². The summed E-state index contributed by atoms with van der Waals surface area (Å²) >= 11 is 0. The lowest BCUT2D eigenvalue weighted by Gasteiger charge is -2.21. The molecule has 39 heavy (non-hydrogen) atoms. The Labute approximate surface area is 233 Å². The number of hydrogen-bond acceptors (Lipinski definition) is 5. The molecule has 0 saturated heterocycles. The third-order valence-corrected chi connectivity index (χ3v) is 7.52. The van der Waals surface area contributed by atoms with Gasteiger partial charge in [-0.15, -0.1) is 0 Å². The van der Waals surface area contributed by atoms with Crippen LogP contribution in [-0.4, -0.2) is 31.2 Å². The van der Waals surface area contributed by atoms with Crippen LogP contribution in [0.5, 0.6) is 11.5 Å². The fourth-order valence-corrected chi connectivity index (χ4v) is 5.32. The Bertz CT molecular complexity index is 1210. The van der Waals surface area contributed by atoms with Crippen LogP contribution in [-0.2, 0) is 24.2 Å². The van der Waals surface area contributed by atoms with Gasteiger partial charge in [-0.25, -0.2) is 0 Å². The molecule has 1 aliphatic carbocycles. The lowest BCUT2D eigenvalue weighted by atomic mass is 9.92. The molecule has 0 fully saturated rings. The number of fused-ring (bicyclic) bond motifs is 2. The van der Waals surface area contributed by atoms with Crippen LogP contribution in [0.4, 0.5) is 5.69 Å². The number of ether oxygens (including phenoxy) is 2. The van der Waals surface area contributed by atoms with Gasteiger partial charge >= 0.3 is 0 Å². The predicted octanol–water partition coefficient (Wildman–Crippen LogP) is 7.37. The van der Waals surface area contributed by atoms with E-state index < -0.39 is 0 Å². The number of aromatic nitrogens is 1. The summed E-state index contributed by atoms with van der Waals surface area (Å²) in [5, 5.41) is 8.01. The van der Waals surface area contributed by atoms with E-state index in [0.29, 0.717) is 25.3 Å². The fourth-order valence-electron chi connectivity index (χ4n) is 5.32. The fraction of sp³-hybridized carbons (Fsp3) is 0.515. The Morgan fingerprint density at radius 1 is 0.949 bits per heavy atom. The van der Waals surface area contributed by atoms with Gasteiger partial charge in [0.15, 0.2) is 11.5 Å². The lowest BCUT2D eigenvalue weighted by Crippen LogP contribution is -2.22. The normalized spacial score (nSPS) is 12.7. The van der Waals surface area contributed by atoms with E-state index in [1.165, 1.54) is 48.0 Å². The van der Waals surface area contributed by atoms with Crippen molar-refractivity contribution in [1.29, 1.82) is 0 Å². The van der Waals surface area contributed by atoms with Gasteiger partial charge in [0, 0.05) is 36.3 Å². The predicted molar refractivity (Wildman–Crippen MR) is 160 cm³/mol. The molecule has 0 saturated carbocycles. The van der Waals surface area contributed by atoms with Crippen molar-refractivity contribution in [3.63, 3.8) is 0 Å². The van der Waals surface area contributed by atoms with E-state index in [9.17, 15) is 4.79 Å². The highest BCUT2D eigenvalue weighted by Crippen LogP contribution is 2.33. The van der Waals surface area contributed by atoms with E-state index in [1.807, 2.05) is 18.2 Å². The first-order chi connectivity index (χ1) is 19.2. The minimum Gasteiger partial charge on any atom is -0.493 e. The van der Waals surface area contributed by atoms with Crippen LogP contribution in [0.2, 0.25) is 0 Å². The second-order valence-corrected chi connectivity index (χ2v) is 10.5. The number of anilines is 1. The van der Waals surface area contributed by atoms with Crippen LogP contribution in [0.3, 0.4) is 0 Å². The van der Waals surface area contributed by atoms with Crippen molar-refractivity contribution in [2.24, 2.45) is 0 Å². The Kier molecular flexibility index (Phi) is 11.3. The minimum absolute atomic E-state index is 0.108. The van der Waals surface area contributed by atoms with Gasteiger partial charge in [-0.2, -0.15) is 0 Å². The van der Waals surface area contributed by atoms with E-state index in [4.69, 9.17) is 14.5 Å². The second-order valence-electron chi connectivity index (χ2n) is 10.5. The molecule has 1 amide bonds. The van der Waals surface area contributed by atoms with Crippen LogP contribution in [0.1, 0.15) is 88.0 Å². The van der Waals surface area contributed by atoms with E-state index in [-0.39, 0.29) is 5.91 Å². The van der Waals surface area contributed by atoms with Gasteiger partial charge in [0.25, 0.3) is 0 Å². The Hall–Kier alpha value is -3.28. The molecule has 2 N–H and O–H groups in total. The van der Waals surface area contributed by atoms with E-state index >= 15 is 0 Å².